The minimum atomic E-state index is -0.196. The number of cyclic esters (lactones) is 1. The van der Waals surface area contributed by atoms with Gasteiger partial charge in [0.05, 0.1) is 5.56 Å². The number of fused-ring (bicyclic) bond motifs is 1. The highest BCUT2D eigenvalue weighted by Crippen LogP contribution is 2.36. The van der Waals surface area contributed by atoms with Gasteiger partial charge < -0.3 is 4.74 Å². The maximum absolute atomic E-state index is 11.6. The summed E-state index contributed by atoms with van der Waals surface area (Å²) in [4.78, 5) is 12.6. The van der Waals surface area contributed by atoms with E-state index in [0.29, 0.717) is 11.5 Å². The number of hydrogen-bond acceptors (Lipinski definition) is 3. The lowest BCUT2D eigenvalue weighted by molar-refractivity contribution is 0.0375. The van der Waals surface area contributed by atoms with Crippen LogP contribution in [0.1, 0.15) is 24.2 Å². The molecule has 1 aromatic rings. The van der Waals surface area contributed by atoms with Crippen LogP contribution in [0.25, 0.3) is 0 Å². The minimum absolute atomic E-state index is 0.0441. The molecule has 2 nitrogen and oxygen atoms in total. The number of carbonyl (C=O) groups is 1. The average molecular weight is 208 g/mol. The molecule has 2 rings (SSSR count). The fourth-order valence-electron chi connectivity index (χ4n) is 1.33. The van der Waals surface area contributed by atoms with Crippen molar-refractivity contribution in [3.8, 4) is 0 Å². The van der Waals surface area contributed by atoms with E-state index in [9.17, 15) is 4.79 Å². The Morgan fingerprint density at radius 3 is 2.79 bits per heavy atom. The number of esters is 1. The van der Waals surface area contributed by atoms with Gasteiger partial charge in [-0.15, -0.1) is 0 Å². The molecule has 0 N–H and O–H groups in total. The molecule has 1 aliphatic heterocycles. The highest BCUT2D eigenvalue weighted by molar-refractivity contribution is 8.00. The van der Waals surface area contributed by atoms with Crippen molar-refractivity contribution in [2.75, 3.05) is 0 Å². The lowest BCUT2D eigenvalue weighted by Gasteiger charge is -2.26. The quantitative estimate of drug-likeness (QED) is 0.664. The van der Waals surface area contributed by atoms with Crippen LogP contribution < -0.4 is 0 Å². The molecule has 14 heavy (non-hydrogen) atoms. The van der Waals surface area contributed by atoms with E-state index >= 15 is 0 Å². The SMILES string of the molecule is CC(C)[C@@H]1OC(=O)c2ccccc2S1. The first-order valence-corrected chi connectivity index (χ1v) is 5.53. The van der Waals surface area contributed by atoms with E-state index in [2.05, 4.69) is 13.8 Å². The Balaban J connectivity index is 2.33. The molecule has 0 aliphatic carbocycles. The van der Waals surface area contributed by atoms with Crippen LogP contribution in [0.4, 0.5) is 0 Å². The average Bonchev–Trinajstić information content (AvgIpc) is 2.17. The number of hydrogen-bond donors (Lipinski definition) is 0. The van der Waals surface area contributed by atoms with Crippen molar-refractivity contribution in [3.05, 3.63) is 29.8 Å². The molecule has 0 fully saturated rings. The van der Waals surface area contributed by atoms with E-state index in [1.807, 2.05) is 18.2 Å². The predicted molar refractivity (Wildman–Crippen MR) is 56.3 cm³/mol. The normalized spacial score (nSPS) is 20.5. The van der Waals surface area contributed by atoms with Crippen molar-refractivity contribution < 1.29 is 9.53 Å². The zero-order chi connectivity index (χ0) is 10.1. The van der Waals surface area contributed by atoms with Crippen molar-refractivity contribution in [2.45, 2.75) is 24.2 Å². The molecule has 1 heterocycles. The Hall–Kier alpha value is -0.960. The molecular weight excluding hydrogens is 196 g/mol. The Bertz CT molecular complexity index is 360. The molecule has 0 saturated carbocycles. The summed E-state index contributed by atoms with van der Waals surface area (Å²) in [5, 5.41) is 0. The van der Waals surface area contributed by atoms with E-state index in [-0.39, 0.29) is 11.4 Å². The summed E-state index contributed by atoms with van der Waals surface area (Å²) in [5.74, 6) is 0.148. The van der Waals surface area contributed by atoms with Crippen molar-refractivity contribution in [1.29, 1.82) is 0 Å². The monoisotopic (exact) mass is 208 g/mol. The largest absolute Gasteiger partial charge is 0.447 e. The van der Waals surface area contributed by atoms with E-state index in [0.717, 1.165) is 4.90 Å². The molecule has 0 bridgehead atoms. The van der Waals surface area contributed by atoms with Crippen LogP contribution >= 0.6 is 11.8 Å². The van der Waals surface area contributed by atoms with Gasteiger partial charge in [-0.2, -0.15) is 0 Å². The zero-order valence-corrected chi connectivity index (χ0v) is 9.01. The minimum Gasteiger partial charge on any atom is -0.447 e. The van der Waals surface area contributed by atoms with Crippen LogP contribution in [-0.4, -0.2) is 11.4 Å². The van der Waals surface area contributed by atoms with Gasteiger partial charge >= 0.3 is 5.97 Å². The van der Waals surface area contributed by atoms with Gasteiger partial charge in [0.2, 0.25) is 0 Å². The summed E-state index contributed by atoms with van der Waals surface area (Å²) >= 11 is 1.63. The highest BCUT2D eigenvalue weighted by Gasteiger charge is 2.28. The summed E-state index contributed by atoms with van der Waals surface area (Å²) in [6.45, 7) is 4.11. The van der Waals surface area contributed by atoms with Crippen molar-refractivity contribution in [2.24, 2.45) is 5.92 Å². The van der Waals surface area contributed by atoms with Gasteiger partial charge in [-0.3, -0.25) is 0 Å². The number of rotatable bonds is 1. The third-order valence-corrected chi connectivity index (χ3v) is 3.60. The van der Waals surface area contributed by atoms with Gasteiger partial charge in [0.15, 0.2) is 5.44 Å². The molecule has 0 aromatic heterocycles. The molecule has 0 unspecified atom stereocenters. The summed E-state index contributed by atoms with van der Waals surface area (Å²) in [6, 6.07) is 7.58. The first kappa shape index (κ1) is 9.59. The third-order valence-electron chi connectivity index (χ3n) is 2.12. The second-order valence-corrected chi connectivity index (χ2v) is 4.77. The molecule has 0 radical (unpaired) electrons. The smallest absolute Gasteiger partial charge is 0.340 e. The molecule has 74 valence electrons. The predicted octanol–water partition coefficient (Wildman–Crippen LogP) is 2.93. The second-order valence-electron chi connectivity index (χ2n) is 3.63. The molecule has 1 atom stereocenters. The van der Waals surface area contributed by atoms with Crippen molar-refractivity contribution >= 4 is 17.7 Å². The van der Waals surface area contributed by atoms with E-state index in [1.165, 1.54) is 0 Å². The summed E-state index contributed by atoms with van der Waals surface area (Å²) in [6.07, 6.45) is 0. The summed E-state index contributed by atoms with van der Waals surface area (Å²) < 4.78 is 5.30. The Kier molecular flexibility index (Phi) is 2.50. The van der Waals surface area contributed by atoms with Gasteiger partial charge in [0, 0.05) is 10.8 Å². The highest BCUT2D eigenvalue weighted by atomic mass is 32.2. The Morgan fingerprint density at radius 1 is 1.36 bits per heavy atom. The molecule has 1 aromatic carbocycles. The molecule has 0 spiro atoms. The first-order chi connectivity index (χ1) is 6.68. The van der Waals surface area contributed by atoms with Gasteiger partial charge in [-0.1, -0.05) is 37.7 Å². The Morgan fingerprint density at radius 2 is 2.07 bits per heavy atom. The van der Waals surface area contributed by atoms with Crippen LogP contribution in [0.2, 0.25) is 0 Å². The fraction of sp³-hybridized carbons (Fsp3) is 0.364. The molecule has 1 aliphatic rings. The van der Waals surface area contributed by atoms with Gasteiger partial charge in [0.1, 0.15) is 0 Å². The van der Waals surface area contributed by atoms with Gasteiger partial charge in [-0.25, -0.2) is 4.79 Å². The summed E-state index contributed by atoms with van der Waals surface area (Å²) in [5.41, 5.74) is 0.645. The maximum atomic E-state index is 11.6. The number of thioether (sulfide) groups is 1. The number of benzene rings is 1. The van der Waals surface area contributed by atoms with E-state index in [4.69, 9.17) is 4.74 Å². The molecule has 3 heteroatoms. The second kappa shape index (κ2) is 3.65. The molecule has 0 amide bonds. The van der Waals surface area contributed by atoms with Gasteiger partial charge in [0.25, 0.3) is 0 Å². The standard InChI is InChI=1S/C11H12O2S/c1-7(2)11-13-10(12)8-5-3-4-6-9(8)14-11/h3-7,11H,1-2H3/t11-/m1/s1. The lowest BCUT2D eigenvalue weighted by Crippen LogP contribution is -2.24. The van der Waals surface area contributed by atoms with Crippen LogP contribution in [0.15, 0.2) is 29.2 Å². The third kappa shape index (κ3) is 1.64. The van der Waals surface area contributed by atoms with E-state index < -0.39 is 0 Å². The van der Waals surface area contributed by atoms with Crippen LogP contribution in [-0.2, 0) is 4.74 Å². The Labute approximate surface area is 87.6 Å². The van der Waals surface area contributed by atoms with Gasteiger partial charge in [-0.05, 0) is 12.1 Å². The van der Waals surface area contributed by atoms with Crippen LogP contribution in [0.5, 0.6) is 0 Å². The molecule has 0 saturated heterocycles. The van der Waals surface area contributed by atoms with E-state index in [1.54, 1.807) is 17.8 Å². The van der Waals surface area contributed by atoms with Crippen LogP contribution in [0, 0.1) is 5.92 Å². The topological polar surface area (TPSA) is 26.3 Å². The first-order valence-electron chi connectivity index (χ1n) is 4.65. The summed E-state index contributed by atoms with van der Waals surface area (Å²) in [7, 11) is 0. The number of ether oxygens (including phenoxy) is 1. The zero-order valence-electron chi connectivity index (χ0n) is 8.19. The maximum Gasteiger partial charge on any atom is 0.340 e. The van der Waals surface area contributed by atoms with Crippen molar-refractivity contribution in [3.63, 3.8) is 0 Å². The lowest BCUT2D eigenvalue weighted by atomic mass is 10.2. The van der Waals surface area contributed by atoms with Crippen molar-refractivity contribution in [1.82, 2.24) is 0 Å². The fourth-order valence-corrected chi connectivity index (χ4v) is 2.42. The van der Waals surface area contributed by atoms with Crippen LogP contribution in [0.3, 0.4) is 0 Å². The molecular formula is C11H12O2S. The number of carbonyl (C=O) groups excluding carboxylic acids is 1.